The van der Waals surface area contributed by atoms with E-state index in [0.717, 1.165) is 43.1 Å². The summed E-state index contributed by atoms with van der Waals surface area (Å²) in [6, 6.07) is 17.5. The zero-order chi connectivity index (χ0) is 23.8. The van der Waals surface area contributed by atoms with Crippen LogP contribution in [0.4, 0.5) is 11.4 Å². The molecule has 0 atom stereocenters. The van der Waals surface area contributed by atoms with Crippen LogP contribution in [0.2, 0.25) is 0 Å². The number of nitrogens with one attached hydrogen (secondary N) is 2. The number of nitrogens with zero attached hydrogens (tertiary/aromatic N) is 2. The van der Waals surface area contributed by atoms with E-state index in [2.05, 4.69) is 69.6 Å². The highest BCUT2D eigenvalue weighted by Crippen LogP contribution is 2.52. The molecular formula is C27H30N4O2S2. The van der Waals surface area contributed by atoms with Gasteiger partial charge in [-0.15, -0.1) is 0 Å². The number of aromatic amines is 1. The van der Waals surface area contributed by atoms with Crippen molar-refractivity contribution >= 4 is 34.9 Å². The van der Waals surface area contributed by atoms with E-state index >= 15 is 0 Å². The van der Waals surface area contributed by atoms with Crippen LogP contribution in [-0.4, -0.2) is 62.4 Å². The molecule has 0 spiro atoms. The number of morpholine rings is 1. The van der Waals surface area contributed by atoms with Gasteiger partial charge in [0.1, 0.15) is 0 Å². The topological polar surface area (TPSA) is 60.6 Å². The molecule has 0 aliphatic carbocycles. The molecule has 182 valence electrons. The Morgan fingerprint density at radius 3 is 2.60 bits per heavy atom. The molecule has 3 aliphatic rings. The number of hydrogen-bond donors (Lipinski definition) is 2. The maximum absolute atomic E-state index is 12.6. The van der Waals surface area contributed by atoms with E-state index in [1.54, 1.807) is 17.8 Å². The molecular weight excluding hydrogens is 476 g/mol. The predicted molar refractivity (Wildman–Crippen MR) is 144 cm³/mol. The van der Waals surface area contributed by atoms with Gasteiger partial charge in [-0.05, 0) is 63.3 Å². The molecule has 2 saturated heterocycles. The molecule has 0 amide bonds. The normalized spacial score (nSPS) is 18.7. The molecule has 2 aromatic carbocycles. The molecule has 2 fully saturated rings. The number of piperidine rings is 1. The van der Waals surface area contributed by atoms with Crippen LogP contribution in [0.3, 0.4) is 0 Å². The van der Waals surface area contributed by atoms with Gasteiger partial charge < -0.3 is 24.8 Å². The number of fused-ring (bicyclic) bond motifs is 2. The highest BCUT2D eigenvalue weighted by Gasteiger charge is 2.23. The minimum Gasteiger partial charge on any atom is -0.382 e. The Balaban J connectivity index is 1.27. The van der Waals surface area contributed by atoms with Gasteiger partial charge in [-0.2, -0.15) is 0 Å². The summed E-state index contributed by atoms with van der Waals surface area (Å²) >= 11 is 3.61. The summed E-state index contributed by atoms with van der Waals surface area (Å²) in [5.74, 6) is 0. The quantitative estimate of drug-likeness (QED) is 0.404. The van der Waals surface area contributed by atoms with Crippen LogP contribution in [0, 0.1) is 0 Å². The molecule has 3 aliphatic heterocycles. The van der Waals surface area contributed by atoms with E-state index in [9.17, 15) is 4.79 Å². The molecule has 6 nitrogen and oxygen atoms in total. The highest BCUT2D eigenvalue weighted by atomic mass is 32.2. The van der Waals surface area contributed by atoms with Crippen LogP contribution in [-0.2, 0) is 4.74 Å². The lowest BCUT2D eigenvalue weighted by atomic mass is 10.1. The third-order valence-corrected chi connectivity index (χ3v) is 9.54. The van der Waals surface area contributed by atoms with E-state index < -0.39 is 0 Å². The number of ether oxygens (including phenoxy) is 1. The molecule has 1 aromatic heterocycles. The Morgan fingerprint density at radius 2 is 1.77 bits per heavy atom. The number of pyridine rings is 1. The number of anilines is 2. The van der Waals surface area contributed by atoms with Gasteiger partial charge in [0.15, 0.2) is 0 Å². The molecule has 4 heterocycles. The second-order valence-electron chi connectivity index (χ2n) is 9.44. The molecule has 8 heteroatoms. The van der Waals surface area contributed by atoms with Crippen LogP contribution < -0.4 is 15.8 Å². The fourth-order valence-electron chi connectivity index (χ4n) is 4.97. The van der Waals surface area contributed by atoms with Crippen molar-refractivity contribution < 1.29 is 4.74 Å². The van der Waals surface area contributed by atoms with Crippen molar-refractivity contribution in [2.45, 2.75) is 38.5 Å². The Kier molecular flexibility index (Phi) is 6.54. The summed E-state index contributed by atoms with van der Waals surface area (Å²) in [7, 11) is 2.20. The largest absolute Gasteiger partial charge is 0.382 e. The molecule has 0 unspecified atom stereocenters. The van der Waals surface area contributed by atoms with E-state index in [1.807, 2.05) is 11.8 Å². The standard InChI is InChI=1S/C27H30N4O2S2/c1-30-9-7-18(8-10-30)28-19-5-6-23-25(15-19)34-24-4-2-3-21(27(24)35-23)22-16-20(17-26(32)29-22)31-11-13-33-14-12-31/h2-6,15-18,28H,7-14H2,1H3,(H,29,32). The van der Waals surface area contributed by atoms with Crippen molar-refractivity contribution in [2.75, 3.05) is 56.7 Å². The Morgan fingerprint density at radius 1 is 0.943 bits per heavy atom. The van der Waals surface area contributed by atoms with Crippen LogP contribution in [0.25, 0.3) is 11.3 Å². The minimum absolute atomic E-state index is 0.0694. The van der Waals surface area contributed by atoms with Crippen LogP contribution in [0.15, 0.2) is 72.9 Å². The van der Waals surface area contributed by atoms with E-state index in [1.165, 1.54) is 38.1 Å². The van der Waals surface area contributed by atoms with Crippen LogP contribution in [0.5, 0.6) is 0 Å². The summed E-state index contributed by atoms with van der Waals surface area (Å²) in [5, 5.41) is 3.75. The van der Waals surface area contributed by atoms with Gasteiger partial charge >= 0.3 is 0 Å². The first-order valence-electron chi connectivity index (χ1n) is 12.3. The van der Waals surface area contributed by atoms with Gasteiger partial charge in [-0.3, -0.25) is 4.79 Å². The Bertz CT molecular complexity index is 1280. The summed E-state index contributed by atoms with van der Waals surface area (Å²) in [5.41, 5.74) is 4.04. The summed E-state index contributed by atoms with van der Waals surface area (Å²) in [6.45, 7) is 5.31. The lowest BCUT2D eigenvalue weighted by Crippen LogP contribution is -2.36. The van der Waals surface area contributed by atoms with Crippen molar-refractivity contribution in [1.29, 1.82) is 0 Å². The van der Waals surface area contributed by atoms with Crippen molar-refractivity contribution in [3.05, 3.63) is 58.9 Å². The number of hydrogen-bond acceptors (Lipinski definition) is 7. The monoisotopic (exact) mass is 506 g/mol. The number of rotatable bonds is 4. The molecule has 3 aromatic rings. The Labute approximate surface area is 214 Å². The molecule has 0 radical (unpaired) electrons. The zero-order valence-electron chi connectivity index (χ0n) is 19.9. The third kappa shape index (κ3) is 4.98. The molecule has 2 N–H and O–H groups in total. The van der Waals surface area contributed by atoms with Gasteiger partial charge in [0, 0.05) is 61.7 Å². The average Bonchev–Trinajstić information content (AvgIpc) is 2.88. The fourth-order valence-corrected chi connectivity index (χ4v) is 7.38. The van der Waals surface area contributed by atoms with E-state index in [0.29, 0.717) is 19.3 Å². The van der Waals surface area contributed by atoms with Crippen LogP contribution in [0.1, 0.15) is 12.8 Å². The molecule has 0 saturated carbocycles. The van der Waals surface area contributed by atoms with Gasteiger partial charge in [0.05, 0.1) is 18.9 Å². The van der Waals surface area contributed by atoms with Gasteiger partial charge in [0.25, 0.3) is 0 Å². The maximum atomic E-state index is 12.6. The first kappa shape index (κ1) is 23.0. The van der Waals surface area contributed by atoms with Gasteiger partial charge in [0.2, 0.25) is 5.56 Å². The van der Waals surface area contributed by atoms with Gasteiger partial charge in [-0.1, -0.05) is 35.7 Å². The Hall–Kier alpha value is -2.39. The van der Waals surface area contributed by atoms with Crippen LogP contribution >= 0.6 is 23.5 Å². The lowest BCUT2D eigenvalue weighted by Gasteiger charge is -2.30. The van der Waals surface area contributed by atoms with Crippen molar-refractivity contribution in [2.24, 2.45) is 0 Å². The first-order chi connectivity index (χ1) is 17.1. The fraction of sp³-hybridized carbons (Fsp3) is 0.370. The van der Waals surface area contributed by atoms with E-state index in [4.69, 9.17) is 4.74 Å². The summed E-state index contributed by atoms with van der Waals surface area (Å²) in [4.78, 5) is 25.3. The summed E-state index contributed by atoms with van der Waals surface area (Å²) in [6.07, 6.45) is 2.37. The van der Waals surface area contributed by atoms with Gasteiger partial charge in [-0.25, -0.2) is 0 Å². The summed E-state index contributed by atoms with van der Waals surface area (Å²) < 4.78 is 5.49. The molecule has 0 bridgehead atoms. The predicted octanol–water partition coefficient (Wildman–Crippen LogP) is 5.00. The second-order valence-corrected chi connectivity index (χ2v) is 11.6. The average molecular weight is 507 g/mol. The number of benzene rings is 2. The highest BCUT2D eigenvalue weighted by molar-refractivity contribution is 8.05. The smallest absolute Gasteiger partial charge is 0.250 e. The first-order valence-corrected chi connectivity index (χ1v) is 13.9. The molecule has 6 rings (SSSR count). The number of aromatic nitrogens is 1. The van der Waals surface area contributed by atoms with Crippen molar-refractivity contribution in [1.82, 2.24) is 9.88 Å². The number of H-pyrrole nitrogens is 1. The third-order valence-electron chi connectivity index (χ3n) is 6.94. The van der Waals surface area contributed by atoms with Crippen molar-refractivity contribution in [3.8, 4) is 11.3 Å². The zero-order valence-corrected chi connectivity index (χ0v) is 21.5. The lowest BCUT2D eigenvalue weighted by molar-refractivity contribution is 0.122. The molecule has 35 heavy (non-hydrogen) atoms. The minimum atomic E-state index is -0.0694. The van der Waals surface area contributed by atoms with Crippen molar-refractivity contribution in [3.63, 3.8) is 0 Å². The second kappa shape index (κ2) is 9.93. The van der Waals surface area contributed by atoms with E-state index in [-0.39, 0.29) is 5.56 Å². The SMILES string of the molecule is CN1CCC(Nc2ccc3c(c2)Sc2cccc(-c4cc(N5CCOCC5)cc(=O)[nH]4)c2S3)CC1. The number of likely N-dealkylation sites (tertiary alicyclic amines) is 1. The maximum Gasteiger partial charge on any atom is 0.250 e.